The maximum atomic E-state index is 12.6. The zero-order valence-electron chi connectivity index (χ0n) is 14.5. The minimum Gasteiger partial charge on any atom is -0.497 e. The molecule has 0 spiro atoms. The van der Waals surface area contributed by atoms with Gasteiger partial charge in [-0.2, -0.15) is 0 Å². The Balaban J connectivity index is 1.52. The summed E-state index contributed by atoms with van der Waals surface area (Å²) < 4.78 is 10.9. The number of rotatable bonds is 5. The lowest BCUT2D eigenvalue weighted by Crippen LogP contribution is -2.52. The van der Waals surface area contributed by atoms with E-state index in [9.17, 15) is 4.79 Å². The number of amides is 1. The highest BCUT2D eigenvalue weighted by atomic mass is 16.5. The van der Waals surface area contributed by atoms with Gasteiger partial charge in [0.2, 0.25) is 0 Å². The topological polar surface area (TPSA) is 67.8 Å². The molecule has 1 unspecified atom stereocenters. The molecule has 7 heteroatoms. The van der Waals surface area contributed by atoms with E-state index in [1.807, 2.05) is 17.0 Å². The summed E-state index contributed by atoms with van der Waals surface area (Å²) in [4.78, 5) is 25.0. The molecular formula is C18H22N4O3. The minimum absolute atomic E-state index is 0.00499. The maximum absolute atomic E-state index is 12.6. The van der Waals surface area contributed by atoms with E-state index < -0.39 is 6.10 Å². The van der Waals surface area contributed by atoms with Gasteiger partial charge in [0.25, 0.3) is 5.91 Å². The van der Waals surface area contributed by atoms with Gasteiger partial charge in [-0.15, -0.1) is 0 Å². The van der Waals surface area contributed by atoms with Gasteiger partial charge in [-0.1, -0.05) is 0 Å². The van der Waals surface area contributed by atoms with E-state index in [1.165, 1.54) is 0 Å². The summed E-state index contributed by atoms with van der Waals surface area (Å²) in [5, 5.41) is 0. The number of hydrogen-bond acceptors (Lipinski definition) is 6. The molecule has 1 atom stereocenters. The summed E-state index contributed by atoms with van der Waals surface area (Å²) in [6.07, 6.45) is 4.54. The molecule has 1 amide bonds. The smallest absolute Gasteiger partial charge is 0.263 e. The van der Waals surface area contributed by atoms with Crippen molar-refractivity contribution in [2.24, 2.45) is 0 Å². The van der Waals surface area contributed by atoms with Crippen LogP contribution in [0.3, 0.4) is 0 Å². The fourth-order valence-electron chi connectivity index (χ4n) is 2.78. The summed E-state index contributed by atoms with van der Waals surface area (Å²) in [6.45, 7) is 4.54. The summed E-state index contributed by atoms with van der Waals surface area (Å²) in [7, 11) is 1.61. The molecule has 0 bridgehead atoms. The quantitative estimate of drug-likeness (QED) is 0.822. The lowest BCUT2D eigenvalue weighted by Gasteiger charge is -2.36. The number of anilines is 1. The highest BCUT2D eigenvalue weighted by Gasteiger charge is 2.26. The molecule has 1 aromatic carbocycles. The molecule has 1 aromatic heterocycles. The highest BCUT2D eigenvalue weighted by Crippen LogP contribution is 2.19. The van der Waals surface area contributed by atoms with Crippen molar-refractivity contribution in [3.05, 3.63) is 42.9 Å². The fraction of sp³-hybridized carbons (Fsp3) is 0.389. The van der Waals surface area contributed by atoms with Crippen LogP contribution in [0.25, 0.3) is 0 Å². The number of ether oxygens (including phenoxy) is 2. The Morgan fingerprint density at radius 2 is 1.76 bits per heavy atom. The first kappa shape index (κ1) is 17.0. The van der Waals surface area contributed by atoms with Gasteiger partial charge in [-0.05, 0) is 31.2 Å². The van der Waals surface area contributed by atoms with Crippen molar-refractivity contribution < 1.29 is 14.3 Å². The number of nitrogens with zero attached hydrogens (tertiary/aromatic N) is 4. The van der Waals surface area contributed by atoms with Crippen LogP contribution in [0.1, 0.15) is 6.92 Å². The van der Waals surface area contributed by atoms with Crippen LogP contribution in [0.4, 0.5) is 5.82 Å². The molecule has 1 aliphatic heterocycles. The predicted molar refractivity (Wildman–Crippen MR) is 93.9 cm³/mol. The number of benzene rings is 1. The van der Waals surface area contributed by atoms with Crippen LogP contribution in [0, 0.1) is 0 Å². The van der Waals surface area contributed by atoms with Crippen molar-refractivity contribution in [3.8, 4) is 11.5 Å². The van der Waals surface area contributed by atoms with Gasteiger partial charge in [-0.25, -0.2) is 4.98 Å². The lowest BCUT2D eigenvalue weighted by molar-refractivity contribution is -0.138. The predicted octanol–water partition coefficient (Wildman–Crippen LogP) is 1.60. The zero-order valence-corrected chi connectivity index (χ0v) is 14.5. The number of hydrogen-bond donors (Lipinski definition) is 0. The first-order valence-electron chi connectivity index (χ1n) is 8.28. The number of carbonyl (C=O) groups is 1. The summed E-state index contributed by atoms with van der Waals surface area (Å²) in [5.41, 5.74) is 0. The van der Waals surface area contributed by atoms with Gasteiger partial charge in [0, 0.05) is 38.6 Å². The molecule has 0 aliphatic carbocycles. The van der Waals surface area contributed by atoms with Crippen LogP contribution in [-0.4, -0.2) is 60.2 Å². The molecule has 1 saturated heterocycles. The number of piperazine rings is 1. The second-order valence-electron chi connectivity index (χ2n) is 5.81. The molecule has 7 nitrogen and oxygen atoms in total. The fourth-order valence-corrected chi connectivity index (χ4v) is 2.78. The Morgan fingerprint density at radius 3 is 2.36 bits per heavy atom. The number of carbonyl (C=O) groups excluding carboxylic acids is 1. The molecule has 0 radical (unpaired) electrons. The van der Waals surface area contributed by atoms with Crippen molar-refractivity contribution in [1.29, 1.82) is 0 Å². The van der Waals surface area contributed by atoms with Gasteiger partial charge >= 0.3 is 0 Å². The second kappa shape index (κ2) is 7.83. The SMILES string of the molecule is COc1ccc(OC(C)C(=O)N2CCN(c3cnccn3)CC2)cc1. The van der Waals surface area contributed by atoms with Crippen molar-refractivity contribution >= 4 is 11.7 Å². The molecular weight excluding hydrogens is 320 g/mol. The molecule has 25 heavy (non-hydrogen) atoms. The third-order valence-electron chi connectivity index (χ3n) is 4.18. The largest absolute Gasteiger partial charge is 0.497 e. The Morgan fingerprint density at radius 1 is 1.08 bits per heavy atom. The van der Waals surface area contributed by atoms with Crippen LogP contribution in [0.2, 0.25) is 0 Å². The van der Waals surface area contributed by atoms with E-state index in [0.717, 1.165) is 24.7 Å². The van der Waals surface area contributed by atoms with Crippen molar-refractivity contribution in [2.45, 2.75) is 13.0 Å². The molecule has 2 heterocycles. The van der Waals surface area contributed by atoms with Crippen molar-refractivity contribution in [1.82, 2.24) is 14.9 Å². The maximum Gasteiger partial charge on any atom is 0.263 e. The van der Waals surface area contributed by atoms with Gasteiger partial charge in [-0.3, -0.25) is 9.78 Å². The third-order valence-corrected chi connectivity index (χ3v) is 4.18. The van der Waals surface area contributed by atoms with E-state index in [0.29, 0.717) is 18.8 Å². The Kier molecular flexibility index (Phi) is 5.33. The van der Waals surface area contributed by atoms with E-state index >= 15 is 0 Å². The standard InChI is InChI=1S/C18H22N4O3/c1-14(25-16-5-3-15(24-2)4-6-16)18(23)22-11-9-21(10-12-22)17-13-19-7-8-20-17/h3-8,13-14H,9-12H2,1-2H3. The Bertz CT molecular complexity index is 685. The van der Waals surface area contributed by atoms with Crippen LogP contribution in [0.5, 0.6) is 11.5 Å². The van der Waals surface area contributed by atoms with Crippen molar-refractivity contribution in [2.75, 3.05) is 38.2 Å². The number of aromatic nitrogens is 2. The van der Waals surface area contributed by atoms with Crippen molar-refractivity contribution in [3.63, 3.8) is 0 Å². The third kappa shape index (κ3) is 4.17. The van der Waals surface area contributed by atoms with Crippen LogP contribution >= 0.6 is 0 Å². The van der Waals surface area contributed by atoms with E-state index in [1.54, 1.807) is 44.8 Å². The van der Waals surface area contributed by atoms with Crippen LogP contribution in [-0.2, 0) is 4.79 Å². The van der Waals surface area contributed by atoms with Crippen LogP contribution in [0.15, 0.2) is 42.9 Å². The van der Waals surface area contributed by atoms with Gasteiger partial charge < -0.3 is 19.3 Å². The minimum atomic E-state index is -0.531. The van der Waals surface area contributed by atoms with E-state index in [4.69, 9.17) is 9.47 Å². The molecule has 132 valence electrons. The number of methoxy groups -OCH3 is 1. The monoisotopic (exact) mass is 342 g/mol. The second-order valence-corrected chi connectivity index (χ2v) is 5.81. The average molecular weight is 342 g/mol. The molecule has 2 aromatic rings. The highest BCUT2D eigenvalue weighted by molar-refractivity contribution is 5.81. The summed E-state index contributed by atoms with van der Waals surface area (Å²) in [6, 6.07) is 7.22. The van der Waals surface area contributed by atoms with Gasteiger partial charge in [0.05, 0.1) is 13.3 Å². The van der Waals surface area contributed by atoms with E-state index in [2.05, 4.69) is 14.9 Å². The molecule has 1 aliphatic rings. The Labute approximate surface area is 147 Å². The van der Waals surface area contributed by atoms with Gasteiger partial charge in [0.1, 0.15) is 17.3 Å². The molecule has 0 saturated carbocycles. The van der Waals surface area contributed by atoms with Crippen LogP contribution < -0.4 is 14.4 Å². The summed E-state index contributed by atoms with van der Waals surface area (Å²) >= 11 is 0. The molecule has 3 rings (SSSR count). The first-order valence-corrected chi connectivity index (χ1v) is 8.28. The molecule has 0 N–H and O–H groups in total. The van der Waals surface area contributed by atoms with E-state index in [-0.39, 0.29) is 5.91 Å². The average Bonchev–Trinajstić information content (AvgIpc) is 2.69. The lowest BCUT2D eigenvalue weighted by atomic mass is 10.2. The normalized spacial score (nSPS) is 15.6. The zero-order chi connectivity index (χ0) is 17.6. The molecule has 1 fully saturated rings. The van der Waals surface area contributed by atoms with Gasteiger partial charge in [0.15, 0.2) is 6.10 Å². The first-order chi connectivity index (χ1) is 12.2. The summed E-state index contributed by atoms with van der Waals surface area (Å²) in [5.74, 6) is 2.25. The Hall–Kier alpha value is -2.83.